The van der Waals surface area contributed by atoms with Crippen LogP contribution in [0.5, 0.6) is 11.5 Å². The highest BCUT2D eigenvalue weighted by atomic mass is 19.1. The van der Waals surface area contributed by atoms with Crippen molar-refractivity contribution in [3.8, 4) is 22.6 Å². The van der Waals surface area contributed by atoms with Crippen molar-refractivity contribution in [2.75, 3.05) is 25.6 Å². The number of aryl methyl sites for hydroxylation is 2. The number of carbonyl (C=O) groups is 1. The molecule has 0 unspecified atom stereocenters. The topological polar surface area (TPSA) is 103 Å². The van der Waals surface area contributed by atoms with E-state index in [4.69, 9.17) is 14.5 Å². The van der Waals surface area contributed by atoms with Crippen LogP contribution >= 0.6 is 0 Å². The number of rotatable bonds is 4. The number of aromatic nitrogens is 4. The summed E-state index contributed by atoms with van der Waals surface area (Å²) in [6.07, 6.45) is 2.55. The van der Waals surface area contributed by atoms with Crippen LogP contribution in [-0.4, -0.2) is 45.8 Å². The van der Waals surface area contributed by atoms with Gasteiger partial charge in [-0.25, -0.2) is 4.39 Å². The van der Waals surface area contributed by atoms with Gasteiger partial charge in [0, 0.05) is 53.7 Å². The molecule has 0 spiro atoms. The zero-order chi connectivity index (χ0) is 24.8. The molecule has 9 nitrogen and oxygen atoms in total. The number of hydrogen-bond donors (Lipinski definition) is 2. The molecule has 0 bridgehead atoms. The standard InChI is InChI=1S/C26H25FN6O3/c1-14-17(5-3-16(31-14)4-8-23(34)28-2)18-9-22-26(33-13-30-32-25(18)33)29-10-19-20(27)6-7-21-24(19)15(11-35-21)12-36-22/h3,5-7,9,13,15,29H,4,8,10-12H2,1-2H3,(H,28,34)/t15-/m0/s1. The molecule has 0 saturated carbocycles. The molecular weight excluding hydrogens is 463 g/mol. The van der Waals surface area contributed by atoms with E-state index in [0.717, 1.165) is 28.1 Å². The van der Waals surface area contributed by atoms with Crippen LogP contribution in [0.3, 0.4) is 0 Å². The van der Waals surface area contributed by atoms with Crippen molar-refractivity contribution in [1.82, 2.24) is 24.9 Å². The van der Waals surface area contributed by atoms with Gasteiger partial charge in [-0.2, -0.15) is 0 Å². The Morgan fingerprint density at radius 1 is 1.19 bits per heavy atom. The average Bonchev–Trinajstić information content (AvgIpc) is 3.54. The predicted octanol–water partition coefficient (Wildman–Crippen LogP) is 3.40. The molecular formula is C26H25FN6O3. The van der Waals surface area contributed by atoms with Crippen LogP contribution in [0.15, 0.2) is 36.7 Å². The molecule has 2 aliphatic heterocycles. The number of carbonyl (C=O) groups excluding carboxylic acids is 1. The first-order valence-corrected chi connectivity index (χ1v) is 11.9. The van der Waals surface area contributed by atoms with Crippen LogP contribution in [-0.2, 0) is 17.8 Å². The van der Waals surface area contributed by atoms with Gasteiger partial charge in [-0.1, -0.05) is 6.07 Å². The third-order valence-electron chi connectivity index (χ3n) is 6.84. The van der Waals surface area contributed by atoms with E-state index in [1.165, 1.54) is 6.07 Å². The Morgan fingerprint density at radius 2 is 2.03 bits per heavy atom. The Hall–Kier alpha value is -4.21. The molecule has 6 rings (SSSR count). The van der Waals surface area contributed by atoms with Crippen LogP contribution in [0.2, 0.25) is 0 Å². The van der Waals surface area contributed by atoms with Crippen molar-refractivity contribution in [3.63, 3.8) is 0 Å². The van der Waals surface area contributed by atoms with Crippen molar-refractivity contribution < 1.29 is 18.7 Å². The maximum atomic E-state index is 14.8. The summed E-state index contributed by atoms with van der Waals surface area (Å²) in [4.78, 5) is 16.3. The third kappa shape index (κ3) is 3.69. The number of anilines is 1. The zero-order valence-electron chi connectivity index (χ0n) is 20.0. The smallest absolute Gasteiger partial charge is 0.220 e. The molecule has 4 aromatic rings. The molecule has 2 N–H and O–H groups in total. The average molecular weight is 489 g/mol. The normalized spacial score (nSPS) is 16.0. The number of ether oxygens (including phenoxy) is 2. The molecule has 0 radical (unpaired) electrons. The molecule has 1 atom stereocenters. The van der Waals surface area contributed by atoms with E-state index < -0.39 is 0 Å². The number of nitrogens with one attached hydrogen (secondary N) is 2. The molecule has 3 aromatic heterocycles. The van der Waals surface area contributed by atoms with Crippen molar-refractivity contribution in [3.05, 3.63) is 65.0 Å². The van der Waals surface area contributed by atoms with Crippen LogP contribution in [0.25, 0.3) is 16.8 Å². The summed E-state index contributed by atoms with van der Waals surface area (Å²) < 4.78 is 28.8. The second kappa shape index (κ2) is 8.78. The van der Waals surface area contributed by atoms with Gasteiger partial charge < -0.3 is 20.1 Å². The molecule has 5 heterocycles. The summed E-state index contributed by atoms with van der Waals surface area (Å²) in [5, 5.41) is 14.5. The molecule has 2 aliphatic rings. The Kier molecular flexibility index (Phi) is 5.43. The van der Waals surface area contributed by atoms with Crippen LogP contribution in [0.1, 0.15) is 34.9 Å². The zero-order valence-corrected chi connectivity index (χ0v) is 20.0. The van der Waals surface area contributed by atoms with Gasteiger partial charge in [0.25, 0.3) is 0 Å². The predicted molar refractivity (Wildman–Crippen MR) is 131 cm³/mol. The van der Waals surface area contributed by atoms with Crippen LogP contribution < -0.4 is 20.1 Å². The maximum Gasteiger partial charge on any atom is 0.220 e. The number of amides is 1. The monoisotopic (exact) mass is 488 g/mol. The first-order valence-electron chi connectivity index (χ1n) is 11.9. The van der Waals surface area contributed by atoms with E-state index in [2.05, 4.69) is 20.8 Å². The fourth-order valence-corrected chi connectivity index (χ4v) is 4.99. The summed E-state index contributed by atoms with van der Waals surface area (Å²) in [5.41, 5.74) is 5.45. The van der Waals surface area contributed by atoms with Gasteiger partial charge in [-0.3, -0.25) is 14.2 Å². The quantitative estimate of drug-likeness (QED) is 0.454. The Balaban J connectivity index is 1.40. The Labute approximate surface area is 206 Å². The van der Waals surface area contributed by atoms with E-state index >= 15 is 0 Å². The van der Waals surface area contributed by atoms with Crippen LogP contribution in [0, 0.1) is 12.7 Å². The van der Waals surface area contributed by atoms with E-state index in [1.54, 1.807) is 19.4 Å². The van der Waals surface area contributed by atoms with Gasteiger partial charge in [0.1, 0.15) is 17.9 Å². The molecule has 1 amide bonds. The van der Waals surface area contributed by atoms with E-state index in [-0.39, 0.29) is 24.2 Å². The first kappa shape index (κ1) is 22.3. The SMILES string of the molecule is CNC(=O)CCc1ccc(-c2cc3c(n4cnnc24)NCc2c(F)ccc4c2[C@@H](CO4)CO3)c(C)n1. The van der Waals surface area contributed by atoms with Gasteiger partial charge in [0.05, 0.1) is 19.1 Å². The molecule has 0 aliphatic carbocycles. The number of pyridine rings is 2. The highest BCUT2D eigenvalue weighted by molar-refractivity contribution is 5.83. The molecule has 36 heavy (non-hydrogen) atoms. The van der Waals surface area contributed by atoms with Crippen molar-refractivity contribution >= 4 is 17.4 Å². The Morgan fingerprint density at radius 3 is 2.83 bits per heavy atom. The minimum absolute atomic E-state index is 0.0206. The minimum Gasteiger partial charge on any atom is -0.493 e. The second-order valence-electron chi connectivity index (χ2n) is 9.01. The van der Waals surface area contributed by atoms with Crippen molar-refractivity contribution in [1.29, 1.82) is 0 Å². The summed E-state index contributed by atoms with van der Waals surface area (Å²) in [6, 6.07) is 8.98. The third-order valence-corrected chi connectivity index (χ3v) is 6.84. The highest BCUT2D eigenvalue weighted by Crippen LogP contribution is 2.42. The van der Waals surface area contributed by atoms with Gasteiger partial charge >= 0.3 is 0 Å². The lowest BCUT2D eigenvalue weighted by molar-refractivity contribution is -0.120. The lowest BCUT2D eigenvalue weighted by Crippen LogP contribution is -2.18. The number of halogens is 1. The van der Waals surface area contributed by atoms with Crippen molar-refractivity contribution in [2.45, 2.75) is 32.2 Å². The number of hydrogen-bond acceptors (Lipinski definition) is 7. The van der Waals surface area contributed by atoms with Crippen molar-refractivity contribution in [2.24, 2.45) is 0 Å². The van der Waals surface area contributed by atoms with Gasteiger partial charge in [0.15, 0.2) is 17.2 Å². The molecule has 0 saturated heterocycles. The van der Waals surface area contributed by atoms with E-state index in [0.29, 0.717) is 54.6 Å². The number of benzene rings is 1. The number of fused-ring (bicyclic) bond motifs is 3. The molecule has 184 valence electrons. The van der Waals surface area contributed by atoms with Gasteiger partial charge in [-0.15, -0.1) is 10.2 Å². The summed E-state index contributed by atoms with van der Waals surface area (Å²) in [7, 11) is 1.63. The summed E-state index contributed by atoms with van der Waals surface area (Å²) in [6.45, 7) is 3.01. The lowest BCUT2D eigenvalue weighted by atomic mass is 9.96. The minimum atomic E-state index is -0.268. The highest BCUT2D eigenvalue weighted by Gasteiger charge is 2.31. The molecule has 10 heteroatoms. The van der Waals surface area contributed by atoms with E-state index in [1.807, 2.05) is 29.5 Å². The fourth-order valence-electron chi connectivity index (χ4n) is 4.99. The van der Waals surface area contributed by atoms with Gasteiger partial charge in [-0.05, 0) is 37.6 Å². The fraction of sp³-hybridized carbons (Fsp3) is 0.308. The first-order chi connectivity index (χ1) is 17.5. The maximum absolute atomic E-state index is 14.8. The van der Waals surface area contributed by atoms with E-state index in [9.17, 15) is 9.18 Å². The Bertz CT molecular complexity index is 1500. The second-order valence-corrected chi connectivity index (χ2v) is 9.01. The number of nitrogens with zero attached hydrogens (tertiary/aromatic N) is 4. The largest absolute Gasteiger partial charge is 0.493 e. The lowest BCUT2D eigenvalue weighted by Gasteiger charge is -2.17. The summed E-state index contributed by atoms with van der Waals surface area (Å²) >= 11 is 0. The summed E-state index contributed by atoms with van der Waals surface area (Å²) in [5.74, 6) is 1.62. The van der Waals surface area contributed by atoms with Gasteiger partial charge in [0.2, 0.25) is 5.91 Å². The molecule has 0 fully saturated rings. The van der Waals surface area contributed by atoms with Crippen LogP contribution in [0.4, 0.5) is 10.2 Å². The molecule has 1 aromatic carbocycles.